The SMILES string of the molecule is CCC[C@@H](N)C(=O)NC(C)c1ccc2c(c1)CCCC2. The molecule has 1 aliphatic rings. The zero-order valence-electron chi connectivity index (χ0n) is 12.6. The molecule has 3 N–H and O–H groups in total. The number of amides is 1. The van der Waals surface area contributed by atoms with Gasteiger partial charge in [0.15, 0.2) is 0 Å². The summed E-state index contributed by atoms with van der Waals surface area (Å²) >= 11 is 0. The lowest BCUT2D eigenvalue weighted by atomic mass is 9.89. The molecule has 0 fully saturated rings. The van der Waals surface area contributed by atoms with E-state index in [4.69, 9.17) is 5.73 Å². The average molecular weight is 274 g/mol. The van der Waals surface area contributed by atoms with Crippen LogP contribution in [-0.4, -0.2) is 11.9 Å². The highest BCUT2D eigenvalue weighted by molar-refractivity contribution is 5.81. The van der Waals surface area contributed by atoms with E-state index in [1.54, 1.807) is 0 Å². The smallest absolute Gasteiger partial charge is 0.237 e. The van der Waals surface area contributed by atoms with Crippen molar-refractivity contribution in [1.29, 1.82) is 0 Å². The molecule has 0 aromatic heterocycles. The van der Waals surface area contributed by atoms with E-state index in [0.29, 0.717) is 0 Å². The lowest BCUT2D eigenvalue weighted by molar-refractivity contribution is -0.123. The van der Waals surface area contributed by atoms with Crippen LogP contribution in [-0.2, 0) is 17.6 Å². The van der Waals surface area contributed by atoms with Crippen LogP contribution in [0.25, 0.3) is 0 Å². The van der Waals surface area contributed by atoms with Crippen LogP contribution < -0.4 is 11.1 Å². The van der Waals surface area contributed by atoms with Crippen molar-refractivity contribution < 1.29 is 4.79 Å². The van der Waals surface area contributed by atoms with Crippen molar-refractivity contribution in [2.45, 2.75) is 64.5 Å². The molecule has 0 radical (unpaired) electrons. The first-order valence-electron chi connectivity index (χ1n) is 7.79. The van der Waals surface area contributed by atoms with Gasteiger partial charge < -0.3 is 11.1 Å². The summed E-state index contributed by atoms with van der Waals surface area (Å²) in [4.78, 5) is 12.0. The van der Waals surface area contributed by atoms with E-state index in [1.807, 2.05) is 13.8 Å². The molecule has 3 nitrogen and oxygen atoms in total. The molecule has 1 amide bonds. The maximum Gasteiger partial charge on any atom is 0.237 e. The van der Waals surface area contributed by atoms with Gasteiger partial charge in [-0.2, -0.15) is 0 Å². The topological polar surface area (TPSA) is 55.1 Å². The minimum atomic E-state index is -0.389. The molecule has 2 rings (SSSR count). The second kappa shape index (κ2) is 6.89. The van der Waals surface area contributed by atoms with Gasteiger partial charge in [-0.25, -0.2) is 0 Å². The Labute approximate surface area is 121 Å². The number of carbonyl (C=O) groups is 1. The van der Waals surface area contributed by atoms with Crippen molar-refractivity contribution in [3.63, 3.8) is 0 Å². The van der Waals surface area contributed by atoms with E-state index in [1.165, 1.54) is 42.4 Å². The Hall–Kier alpha value is -1.35. The number of aryl methyl sites for hydroxylation is 2. The van der Waals surface area contributed by atoms with Crippen LogP contribution in [0.4, 0.5) is 0 Å². The fourth-order valence-electron chi connectivity index (χ4n) is 2.87. The highest BCUT2D eigenvalue weighted by Gasteiger charge is 2.17. The summed E-state index contributed by atoms with van der Waals surface area (Å²) in [5.74, 6) is -0.0444. The Kier molecular flexibility index (Phi) is 5.18. The molecule has 1 unspecified atom stereocenters. The summed E-state index contributed by atoms with van der Waals surface area (Å²) in [6.45, 7) is 4.07. The van der Waals surface area contributed by atoms with Gasteiger partial charge in [0.25, 0.3) is 0 Å². The summed E-state index contributed by atoms with van der Waals surface area (Å²) in [7, 11) is 0. The minimum Gasteiger partial charge on any atom is -0.348 e. The molecule has 0 aliphatic heterocycles. The number of benzene rings is 1. The van der Waals surface area contributed by atoms with Gasteiger partial charge in [-0.05, 0) is 55.7 Å². The first kappa shape index (κ1) is 15.0. The van der Waals surface area contributed by atoms with Crippen LogP contribution >= 0.6 is 0 Å². The van der Waals surface area contributed by atoms with E-state index in [2.05, 4.69) is 23.5 Å². The standard InChI is InChI=1S/C17H26N2O/c1-3-6-16(18)17(20)19-12(2)14-10-9-13-7-4-5-8-15(13)11-14/h9-12,16H,3-8,18H2,1-2H3,(H,19,20)/t12?,16-/m1/s1. The Morgan fingerprint density at radius 1 is 1.30 bits per heavy atom. The highest BCUT2D eigenvalue weighted by Crippen LogP contribution is 2.24. The molecule has 1 aliphatic carbocycles. The number of hydrogen-bond donors (Lipinski definition) is 2. The largest absolute Gasteiger partial charge is 0.348 e. The summed E-state index contributed by atoms with van der Waals surface area (Å²) < 4.78 is 0. The number of nitrogens with two attached hydrogens (primary N) is 1. The minimum absolute atomic E-state index is 0.0256. The van der Waals surface area contributed by atoms with Crippen molar-refractivity contribution >= 4 is 5.91 Å². The van der Waals surface area contributed by atoms with Gasteiger partial charge in [0.2, 0.25) is 5.91 Å². The van der Waals surface area contributed by atoms with Crippen molar-refractivity contribution in [1.82, 2.24) is 5.32 Å². The summed E-state index contributed by atoms with van der Waals surface area (Å²) in [5.41, 5.74) is 9.96. The van der Waals surface area contributed by atoms with E-state index in [-0.39, 0.29) is 18.0 Å². The lowest BCUT2D eigenvalue weighted by Gasteiger charge is -2.21. The monoisotopic (exact) mass is 274 g/mol. The molecule has 0 spiro atoms. The third-order valence-corrected chi connectivity index (χ3v) is 4.17. The Morgan fingerprint density at radius 3 is 2.70 bits per heavy atom. The molecular formula is C17H26N2O. The van der Waals surface area contributed by atoms with Gasteiger partial charge in [0.05, 0.1) is 12.1 Å². The van der Waals surface area contributed by atoms with Gasteiger partial charge in [0.1, 0.15) is 0 Å². The van der Waals surface area contributed by atoms with Crippen LogP contribution in [0.3, 0.4) is 0 Å². The van der Waals surface area contributed by atoms with Crippen LogP contribution in [0.15, 0.2) is 18.2 Å². The number of carbonyl (C=O) groups excluding carboxylic acids is 1. The van der Waals surface area contributed by atoms with Crippen LogP contribution in [0.1, 0.15) is 62.3 Å². The van der Waals surface area contributed by atoms with Crippen molar-refractivity contribution in [3.8, 4) is 0 Å². The predicted molar refractivity (Wildman–Crippen MR) is 82.5 cm³/mol. The summed E-state index contributed by atoms with van der Waals surface area (Å²) in [6.07, 6.45) is 6.60. The summed E-state index contributed by atoms with van der Waals surface area (Å²) in [6, 6.07) is 6.25. The Bertz CT molecular complexity index is 470. The zero-order valence-corrected chi connectivity index (χ0v) is 12.6. The molecule has 20 heavy (non-hydrogen) atoms. The number of nitrogens with one attached hydrogen (secondary N) is 1. The second-order valence-electron chi connectivity index (χ2n) is 5.86. The van der Waals surface area contributed by atoms with Gasteiger partial charge in [-0.3, -0.25) is 4.79 Å². The molecule has 0 saturated heterocycles. The Morgan fingerprint density at radius 2 is 2.00 bits per heavy atom. The van der Waals surface area contributed by atoms with Crippen LogP contribution in [0.5, 0.6) is 0 Å². The lowest BCUT2D eigenvalue weighted by Crippen LogP contribution is -2.41. The van der Waals surface area contributed by atoms with Crippen LogP contribution in [0.2, 0.25) is 0 Å². The number of rotatable bonds is 5. The normalized spacial score (nSPS) is 17.1. The fraction of sp³-hybridized carbons (Fsp3) is 0.588. The predicted octanol–water partition coefficient (Wildman–Crippen LogP) is 2.87. The molecule has 1 aromatic rings. The van der Waals surface area contributed by atoms with Gasteiger partial charge >= 0.3 is 0 Å². The molecule has 0 bridgehead atoms. The third kappa shape index (κ3) is 3.60. The first-order valence-corrected chi connectivity index (χ1v) is 7.79. The van der Waals surface area contributed by atoms with Crippen molar-refractivity contribution in [3.05, 3.63) is 34.9 Å². The van der Waals surface area contributed by atoms with E-state index in [9.17, 15) is 4.79 Å². The highest BCUT2D eigenvalue weighted by atomic mass is 16.2. The number of fused-ring (bicyclic) bond motifs is 1. The fourth-order valence-corrected chi connectivity index (χ4v) is 2.87. The van der Waals surface area contributed by atoms with Crippen molar-refractivity contribution in [2.75, 3.05) is 0 Å². The van der Waals surface area contributed by atoms with Gasteiger partial charge in [-0.15, -0.1) is 0 Å². The van der Waals surface area contributed by atoms with E-state index < -0.39 is 0 Å². The molecule has 3 heteroatoms. The third-order valence-electron chi connectivity index (χ3n) is 4.17. The zero-order chi connectivity index (χ0) is 14.5. The van der Waals surface area contributed by atoms with Gasteiger partial charge in [0, 0.05) is 0 Å². The quantitative estimate of drug-likeness (QED) is 0.867. The first-order chi connectivity index (χ1) is 9.61. The molecular weight excluding hydrogens is 248 g/mol. The second-order valence-corrected chi connectivity index (χ2v) is 5.86. The summed E-state index contributed by atoms with van der Waals surface area (Å²) in [5, 5.41) is 3.02. The molecule has 110 valence electrons. The molecule has 0 heterocycles. The molecule has 0 saturated carbocycles. The maximum atomic E-state index is 12.0. The van der Waals surface area contributed by atoms with E-state index >= 15 is 0 Å². The van der Waals surface area contributed by atoms with Crippen LogP contribution in [0, 0.1) is 0 Å². The molecule has 2 atom stereocenters. The maximum absolute atomic E-state index is 12.0. The number of hydrogen-bond acceptors (Lipinski definition) is 2. The average Bonchev–Trinajstić information content (AvgIpc) is 2.46. The van der Waals surface area contributed by atoms with E-state index in [0.717, 1.165) is 12.8 Å². The van der Waals surface area contributed by atoms with Crippen molar-refractivity contribution in [2.24, 2.45) is 5.73 Å². The molecule has 1 aromatic carbocycles. The Balaban J connectivity index is 2.02. The van der Waals surface area contributed by atoms with Gasteiger partial charge in [-0.1, -0.05) is 31.5 Å².